The summed E-state index contributed by atoms with van der Waals surface area (Å²) in [5.74, 6) is -0.164. The van der Waals surface area contributed by atoms with Crippen molar-refractivity contribution in [3.05, 3.63) is 24.0 Å². The number of nitrogens with zero attached hydrogens (tertiary/aromatic N) is 3. The van der Waals surface area contributed by atoms with Crippen LogP contribution in [0.1, 0.15) is 25.3 Å². The van der Waals surface area contributed by atoms with Crippen LogP contribution in [0.2, 0.25) is 0 Å². The Morgan fingerprint density at radius 2 is 2.44 bits per heavy atom. The van der Waals surface area contributed by atoms with E-state index in [-0.39, 0.29) is 5.97 Å². The molecule has 0 radical (unpaired) electrons. The molecule has 0 amide bonds. The van der Waals surface area contributed by atoms with Gasteiger partial charge in [-0.25, -0.2) is 0 Å². The fourth-order valence-corrected chi connectivity index (χ4v) is 1.10. The molecule has 0 unspecified atom stereocenters. The largest absolute Gasteiger partial charge is 0.466 e. The summed E-state index contributed by atoms with van der Waals surface area (Å²) in [6.07, 6.45) is 6.09. The van der Waals surface area contributed by atoms with Gasteiger partial charge in [-0.05, 0) is 19.4 Å². The van der Waals surface area contributed by atoms with Crippen molar-refractivity contribution in [2.75, 3.05) is 13.2 Å². The third-order valence-electron chi connectivity index (χ3n) is 1.82. The van der Waals surface area contributed by atoms with E-state index in [0.717, 1.165) is 5.56 Å². The molecule has 0 atom stereocenters. The maximum Gasteiger partial charge on any atom is 0.305 e. The van der Waals surface area contributed by atoms with Crippen LogP contribution in [0.4, 0.5) is 0 Å². The molecule has 5 heteroatoms. The summed E-state index contributed by atoms with van der Waals surface area (Å²) in [6.45, 7) is 2.85. The van der Waals surface area contributed by atoms with Crippen molar-refractivity contribution < 1.29 is 9.53 Å². The minimum atomic E-state index is -0.164. The first kappa shape index (κ1) is 12.3. The van der Waals surface area contributed by atoms with E-state index in [1.165, 1.54) is 0 Å². The molecule has 0 saturated carbocycles. The lowest BCUT2D eigenvalue weighted by Gasteiger charge is -1.98. The molecular formula is C11H15N3O2. The molecule has 1 heterocycles. The first-order valence-corrected chi connectivity index (χ1v) is 5.25. The summed E-state index contributed by atoms with van der Waals surface area (Å²) < 4.78 is 4.80. The van der Waals surface area contributed by atoms with Gasteiger partial charge in [-0.15, -0.1) is 0 Å². The lowest BCUT2D eigenvalue weighted by atomic mass is 10.3. The van der Waals surface area contributed by atoms with Crippen LogP contribution in [-0.2, 0) is 9.53 Å². The maximum absolute atomic E-state index is 11.0. The van der Waals surface area contributed by atoms with Crippen LogP contribution in [0.25, 0.3) is 0 Å². The predicted molar refractivity (Wildman–Crippen MR) is 60.4 cm³/mol. The second-order valence-electron chi connectivity index (χ2n) is 3.12. The zero-order valence-electron chi connectivity index (χ0n) is 9.30. The van der Waals surface area contributed by atoms with Gasteiger partial charge in [-0.3, -0.25) is 9.79 Å². The number of aromatic nitrogens is 2. The Bertz CT molecular complexity index is 338. The van der Waals surface area contributed by atoms with Crippen molar-refractivity contribution in [3.63, 3.8) is 0 Å². The molecule has 0 aliphatic carbocycles. The molecule has 0 fully saturated rings. The molecule has 0 aliphatic heterocycles. The van der Waals surface area contributed by atoms with E-state index in [9.17, 15) is 4.79 Å². The molecule has 5 nitrogen and oxygen atoms in total. The Hall–Kier alpha value is -1.78. The summed E-state index contributed by atoms with van der Waals surface area (Å²) >= 11 is 0. The third-order valence-corrected chi connectivity index (χ3v) is 1.82. The lowest BCUT2D eigenvalue weighted by molar-refractivity contribution is -0.143. The zero-order valence-corrected chi connectivity index (χ0v) is 9.30. The quantitative estimate of drug-likeness (QED) is 0.412. The minimum Gasteiger partial charge on any atom is -0.466 e. The Labute approximate surface area is 94.6 Å². The summed E-state index contributed by atoms with van der Waals surface area (Å²) in [6, 6.07) is 1.82. The monoisotopic (exact) mass is 221 g/mol. The smallest absolute Gasteiger partial charge is 0.305 e. The number of esters is 1. The van der Waals surface area contributed by atoms with Crippen LogP contribution in [0.15, 0.2) is 23.5 Å². The third kappa shape index (κ3) is 5.19. The van der Waals surface area contributed by atoms with Crippen molar-refractivity contribution in [2.24, 2.45) is 4.99 Å². The highest BCUT2D eigenvalue weighted by molar-refractivity contribution is 5.78. The Balaban J connectivity index is 2.16. The molecule has 0 aromatic carbocycles. The second-order valence-corrected chi connectivity index (χ2v) is 3.12. The number of hydrogen-bond acceptors (Lipinski definition) is 5. The number of carbonyl (C=O) groups is 1. The summed E-state index contributed by atoms with van der Waals surface area (Å²) in [5.41, 5.74) is 0.908. The Kier molecular flexibility index (Phi) is 5.76. The van der Waals surface area contributed by atoms with Crippen molar-refractivity contribution >= 4 is 12.2 Å². The van der Waals surface area contributed by atoms with Gasteiger partial charge in [0.15, 0.2) is 0 Å². The van der Waals surface area contributed by atoms with Crippen molar-refractivity contribution in [1.29, 1.82) is 0 Å². The summed E-state index contributed by atoms with van der Waals surface area (Å²) in [4.78, 5) is 15.2. The highest BCUT2D eigenvalue weighted by Gasteiger charge is 1.99. The van der Waals surface area contributed by atoms with Crippen LogP contribution < -0.4 is 0 Å². The lowest BCUT2D eigenvalue weighted by Crippen LogP contribution is -2.04. The first-order chi connectivity index (χ1) is 7.83. The molecule has 0 N–H and O–H groups in total. The average Bonchev–Trinajstić information content (AvgIpc) is 2.30. The fourth-order valence-electron chi connectivity index (χ4n) is 1.10. The maximum atomic E-state index is 11.0. The van der Waals surface area contributed by atoms with Gasteiger partial charge in [0.05, 0.1) is 19.0 Å². The highest BCUT2D eigenvalue weighted by Crippen LogP contribution is 1.94. The summed E-state index contributed by atoms with van der Waals surface area (Å²) in [7, 11) is 0. The van der Waals surface area contributed by atoms with Gasteiger partial charge in [0, 0.05) is 24.7 Å². The van der Waals surface area contributed by atoms with Gasteiger partial charge >= 0.3 is 5.97 Å². The summed E-state index contributed by atoms with van der Waals surface area (Å²) in [5, 5.41) is 7.38. The van der Waals surface area contributed by atoms with Crippen LogP contribution in [0, 0.1) is 0 Å². The van der Waals surface area contributed by atoms with Crippen LogP contribution in [0.3, 0.4) is 0 Å². The van der Waals surface area contributed by atoms with E-state index >= 15 is 0 Å². The van der Waals surface area contributed by atoms with Gasteiger partial charge in [-0.2, -0.15) is 10.2 Å². The van der Waals surface area contributed by atoms with Crippen molar-refractivity contribution in [3.8, 4) is 0 Å². The van der Waals surface area contributed by atoms with Gasteiger partial charge in [0.25, 0.3) is 0 Å². The van der Waals surface area contributed by atoms with Crippen LogP contribution in [-0.4, -0.2) is 35.5 Å². The van der Waals surface area contributed by atoms with Crippen molar-refractivity contribution in [2.45, 2.75) is 19.8 Å². The van der Waals surface area contributed by atoms with E-state index in [1.54, 1.807) is 25.5 Å². The highest BCUT2D eigenvalue weighted by atomic mass is 16.5. The molecule has 0 spiro atoms. The molecule has 0 aliphatic rings. The molecule has 0 bridgehead atoms. The van der Waals surface area contributed by atoms with Gasteiger partial charge in [0.2, 0.25) is 0 Å². The number of carbonyl (C=O) groups excluding carboxylic acids is 1. The molecular weight excluding hydrogens is 206 g/mol. The molecule has 1 rings (SSSR count). The van der Waals surface area contributed by atoms with Crippen LogP contribution >= 0.6 is 0 Å². The molecule has 1 aromatic heterocycles. The Morgan fingerprint density at radius 1 is 1.56 bits per heavy atom. The number of aliphatic imine (C=N–C) groups is 1. The SMILES string of the molecule is CCOC(=O)CCC/N=C/c1ccnnc1. The number of ether oxygens (including phenoxy) is 1. The van der Waals surface area contributed by atoms with E-state index < -0.39 is 0 Å². The predicted octanol–water partition coefficient (Wildman–Crippen LogP) is 1.24. The second kappa shape index (κ2) is 7.50. The van der Waals surface area contributed by atoms with E-state index in [2.05, 4.69) is 15.2 Å². The number of rotatable bonds is 6. The minimum absolute atomic E-state index is 0.164. The average molecular weight is 221 g/mol. The van der Waals surface area contributed by atoms with Gasteiger partial charge < -0.3 is 4.74 Å². The van der Waals surface area contributed by atoms with Gasteiger partial charge in [-0.1, -0.05) is 0 Å². The van der Waals surface area contributed by atoms with Crippen molar-refractivity contribution in [1.82, 2.24) is 10.2 Å². The topological polar surface area (TPSA) is 64.4 Å². The standard InChI is InChI=1S/C11H15N3O2/c1-2-16-11(15)4-3-6-12-8-10-5-7-13-14-9-10/h5,7-9H,2-4,6H2,1H3/b12-8+. The number of hydrogen-bond donors (Lipinski definition) is 0. The fraction of sp³-hybridized carbons (Fsp3) is 0.455. The molecule has 0 saturated heterocycles. The van der Waals surface area contributed by atoms with E-state index in [0.29, 0.717) is 26.0 Å². The van der Waals surface area contributed by atoms with E-state index in [4.69, 9.17) is 4.74 Å². The Morgan fingerprint density at radius 3 is 3.12 bits per heavy atom. The molecule has 86 valence electrons. The molecule has 16 heavy (non-hydrogen) atoms. The van der Waals surface area contributed by atoms with E-state index in [1.807, 2.05) is 6.07 Å². The van der Waals surface area contributed by atoms with Gasteiger partial charge in [0.1, 0.15) is 0 Å². The molecule has 1 aromatic rings. The zero-order chi connectivity index (χ0) is 11.6. The normalized spacial score (nSPS) is 10.6. The first-order valence-electron chi connectivity index (χ1n) is 5.25. The van der Waals surface area contributed by atoms with Crippen LogP contribution in [0.5, 0.6) is 0 Å².